The highest BCUT2D eigenvalue weighted by atomic mass is 16.4. The lowest BCUT2D eigenvalue weighted by Gasteiger charge is -2.34. The minimum atomic E-state index is 0.483. The third-order valence-corrected chi connectivity index (χ3v) is 3.35. The fraction of sp³-hybridized carbons (Fsp3) is 0.462. The molecule has 0 saturated carbocycles. The second-order valence-corrected chi connectivity index (χ2v) is 4.42. The van der Waals surface area contributed by atoms with E-state index in [1.54, 1.807) is 0 Å². The van der Waals surface area contributed by atoms with Gasteiger partial charge in [-0.15, -0.1) is 0 Å². The summed E-state index contributed by atoms with van der Waals surface area (Å²) in [5, 5.41) is 3.41. The van der Waals surface area contributed by atoms with Crippen LogP contribution in [0, 0.1) is 0 Å². The molecular formula is C13H17N3O. The number of rotatable bonds is 2. The number of hydrogen-bond acceptors (Lipinski definition) is 4. The summed E-state index contributed by atoms with van der Waals surface area (Å²) in [7, 11) is 0. The van der Waals surface area contributed by atoms with Gasteiger partial charge in [0, 0.05) is 25.7 Å². The van der Waals surface area contributed by atoms with Crippen LogP contribution in [0.4, 0.5) is 6.01 Å². The molecule has 4 nitrogen and oxygen atoms in total. The molecule has 1 aliphatic heterocycles. The Labute approximate surface area is 101 Å². The molecule has 2 heterocycles. The first-order valence-corrected chi connectivity index (χ1v) is 6.21. The standard InChI is InChI=1S/C13H17N3O/c1-2-10-9-14-7-8-16(10)13-15-11-5-3-4-6-12(11)17-13/h3-6,10,14H,2,7-9H2,1H3/t10-/m1/s1. The monoisotopic (exact) mass is 231 g/mol. The molecule has 2 aromatic rings. The molecule has 0 amide bonds. The summed E-state index contributed by atoms with van der Waals surface area (Å²) in [6.07, 6.45) is 1.10. The number of hydrogen-bond donors (Lipinski definition) is 1. The van der Waals surface area contributed by atoms with Gasteiger partial charge in [0.1, 0.15) is 5.52 Å². The fourth-order valence-corrected chi connectivity index (χ4v) is 2.36. The van der Waals surface area contributed by atoms with Gasteiger partial charge in [0.15, 0.2) is 5.58 Å². The van der Waals surface area contributed by atoms with Gasteiger partial charge in [-0.05, 0) is 18.6 Å². The summed E-state index contributed by atoms with van der Waals surface area (Å²) in [4.78, 5) is 6.84. The topological polar surface area (TPSA) is 41.3 Å². The Bertz CT molecular complexity index is 475. The first kappa shape index (κ1) is 10.6. The zero-order chi connectivity index (χ0) is 11.7. The molecule has 17 heavy (non-hydrogen) atoms. The van der Waals surface area contributed by atoms with Crippen LogP contribution >= 0.6 is 0 Å². The maximum Gasteiger partial charge on any atom is 0.298 e. The summed E-state index contributed by atoms with van der Waals surface area (Å²) >= 11 is 0. The number of piperazine rings is 1. The number of benzene rings is 1. The molecule has 1 aromatic carbocycles. The summed E-state index contributed by atoms with van der Waals surface area (Å²) in [6, 6.07) is 9.17. The minimum Gasteiger partial charge on any atom is -0.423 e. The molecule has 1 saturated heterocycles. The second-order valence-electron chi connectivity index (χ2n) is 4.42. The maximum atomic E-state index is 5.83. The molecule has 90 valence electrons. The summed E-state index contributed by atoms with van der Waals surface area (Å²) in [6.45, 7) is 5.17. The fourth-order valence-electron chi connectivity index (χ4n) is 2.36. The van der Waals surface area contributed by atoms with E-state index in [1.807, 2.05) is 24.3 Å². The van der Waals surface area contributed by atoms with Crippen molar-refractivity contribution >= 4 is 17.1 Å². The SMILES string of the molecule is CC[C@@H]1CNCCN1c1nc2ccccc2o1. The van der Waals surface area contributed by atoms with Crippen LogP contribution in [0.5, 0.6) is 0 Å². The van der Waals surface area contributed by atoms with Gasteiger partial charge in [-0.25, -0.2) is 0 Å². The molecule has 1 fully saturated rings. The van der Waals surface area contributed by atoms with Crippen molar-refractivity contribution in [3.63, 3.8) is 0 Å². The molecule has 1 aromatic heterocycles. The van der Waals surface area contributed by atoms with Crippen molar-refractivity contribution in [3.05, 3.63) is 24.3 Å². The molecular weight excluding hydrogens is 214 g/mol. The van der Waals surface area contributed by atoms with Crippen molar-refractivity contribution in [2.45, 2.75) is 19.4 Å². The van der Waals surface area contributed by atoms with Crippen molar-refractivity contribution < 1.29 is 4.42 Å². The molecule has 3 rings (SSSR count). The van der Waals surface area contributed by atoms with Crippen LogP contribution in [0.1, 0.15) is 13.3 Å². The predicted octanol–water partition coefficient (Wildman–Crippen LogP) is 2.02. The Balaban J connectivity index is 1.96. The van der Waals surface area contributed by atoms with E-state index in [4.69, 9.17) is 4.42 Å². The van der Waals surface area contributed by atoms with Gasteiger partial charge in [0.2, 0.25) is 0 Å². The number of oxazole rings is 1. The van der Waals surface area contributed by atoms with Crippen LogP contribution in [0.3, 0.4) is 0 Å². The first-order valence-electron chi connectivity index (χ1n) is 6.21. The molecule has 1 atom stereocenters. The van der Waals surface area contributed by atoms with Gasteiger partial charge in [-0.2, -0.15) is 4.98 Å². The quantitative estimate of drug-likeness (QED) is 0.858. The minimum absolute atomic E-state index is 0.483. The molecule has 0 unspecified atom stereocenters. The molecule has 0 spiro atoms. The highest BCUT2D eigenvalue weighted by Gasteiger charge is 2.24. The highest BCUT2D eigenvalue weighted by Crippen LogP contribution is 2.24. The van der Waals surface area contributed by atoms with Gasteiger partial charge < -0.3 is 14.6 Å². The van der Waals surface area contributed by atoms with Crippen molar-refractivity contribution in [3.8, 4) is 0 Å². The van der Waals surface area contributed by atoms with E-state index in [0.29, 0.717) is 6.04 Å². The third-order valence-electron chi connectivity index (χ3n) is 3.35. The number of anilines is 1. The molecule has 4 heteroatoms. The van der Waals surface area contributed by atoms with Crippen LogP contribution in [0.15, 0.2) is 28.7 Å². The third kappa shape index (κ3) is 1.89. The van der Waals surface area contributed by atoms with Crippen molar-refractivity contribution in [2.75, 3.05) is 24.5 Å². The van der Waals surface area contributed by atoms with Crippen molar-refractivity contribution in [1.82, 2.24) is 10.3 Å². The van der Waals surface area contributed by atoms with Gasteiger partial charge in [0.05, 0.1) is 0 Å². The zero-order valence-corrected chi connectivity index (χ0v) is 10.0. The largest absolute Gasteiger partial charge is 0.423 e. The Morgan fingerprint density at radius 1 is 1.47 bits per heavy atom. The summed E-state index contributed by atoms with van der Waals surface area (Å²) < 4.78 is 5.83. The average molecular weight is 231 g/mol. The van der Waals surface area contributed by atoms with E-state index in [9.17, 15) is 0 Å². The van der Waals surface area contributed by atoms with Crippen LogP contribution in [0.2, 0.25) is 0 Å². The van der Waals surface area contributed by atoms with Gasteiger partial charge in [-0.1, -0.05) is 19.1 Å². The van der Waals surface area contributed by atoms with Crippen LogP contribution in [-0.2, 0) is 0 Å². The van der Waals surface area contributed by atoms with Gasteiger partial charge >= 0.3 is 0 Å². The molecule has 0 aliphatic carbocycles. The van der Waals surface area contributed by atoms with Gasteiger partial charge in [-0.3, -0.25) is 0 Å². The van der Waals surface area contributed by atoms with Crippen LogP contribution in [0.25, 0.3) is 11.1 Å². The van der Waals surface area contributed by atoms with E-state index >= 15 is 0 Å². The summed E-state index contributed by atoms with van der Waals surface area (Å²) in [5.41, 5.74) is 1.81. The van der Waals surface area contributed by atoms with E-state index in [0.717, 1.165) is 43.2 Å². The predicted molar refractivity (Wildman–Crippen MR) is 68.3 cm³/mol. The highest BCUT2D eigenvalue weighted by molar-refractivity contribution is 5.74. The van der Waals surface area contributed by atoms with E-state index < -0.39 is 0 Å². The Morgan fingerprint density at radius 2 is 2.35 bits per heavy atom. The molecule has 0 bridgehead atoms. The van der Waals surface area contributed by atoms with Crippen LogP contribution < -0.4 is 10.2 Å². The number of nitrogens with zero attached hydrogens (tertiary/aromatic N) is 2. The Morgan fingerprint density at radius 3 is 3.18 bits per heavy atom. The lowest BCUT2D eigenvalue weighted by molar-refractivity contribution is 0.430. The molecule has 1 N–H and O–H groups in total. The zero-order valence-electron chi connectivity index (χ0n) is 10.0. The molecule has 0 radical (unpaired) electrons. The van der Waals surface area contributed by atoms with Gasteiger partial charge in [0.25, 0.3) is 6.01 Å². The average Bonchev–Trinajstić information content (AvgIpc) is 2.82. The number of para-hydroxylation sites is 2. The Kier molecular flexibility index (Phi) is 2.73. The second kappa shape index (κ2) is 4.37. The number of nitrogens with one attached hydrogen (secondary N) is 1. The van der Waals surface area contributed by atoms with Crippen molar-refractivity contribution in [1.29, 1.82) is 0 Å². The van der Waals surface area contributed by atoms with E-state index in [2.05, 4.69) is 22.1 Å². The maximum absolute atomic E-state index is 5.83. The normalized spacial score (nSPS) is 21.0. The Hall–Kier alpha value is -1.55. The molecule has 1 aliphatic rings. The lowest BCUT2D eigenvalue weighted by Crippen LogP contribution is -2.51. The van der Waals surface area contributed by atoms with E-state index in [-0.39, 0.29) is 0 Å². The lowest BCUT2D eigenvalue weighted by atomic mass is 10.1. The summed E-state index contributed by atoms with van der Waals surface area (Å²) in [5.74, 6) is 0. The van der Waals surface area contributed by atoms with Crippen LogP contribution in [-0.4, -0.2) is 30.7 Å². The first-order chi connectivity index (χ1) is 8.38. The number of fused-ring (bicyclic) bond motifs is 1. The van der Waals surface area contributed by atoms with Crippen molar-refractivity contribution in [2.24, 2.45) is 0 Å². The number of aromatic nitrogens is 1. The van der Waals surface area contributed by atoms with E-state index in [1.165, 1.54) is 0 Å². The smallest absolute Gasteiger partial charge is 0.298 e.